The van der Waals surface area contributed by atoms with Gasteiger partial charge in [0.1, 0.15) is 10.7 Å². The molecule has 0 radical (unpaired) electrons. The predicted molar refractivity (Wildman–Crippen MR) is 88.8 cm³/mol. The number of nitrogens with two attached hydrogens (primary N) is 1. The minimum absolute atomic E-state index is 0.435. The number of hydrogen-bond donors (Lipinski definition) is 1. The van der Waals surface area contributed by atoms with Crippen LogP contribution in [0.3, 0.4) is 0 Å². The van der Waals surface area contributed by atoms with Crippen molar-refractivity contribution in [1.82, 2.24) is 9.88 Å². The van der Waals surface area contributed by atoms with E-state index in [2.05, 4.69) is 11.8 Å². The van der Waals surface area contributed by atoms with Crippen LogP contribution in [-0.4, -0.2) is 35.1 Å². The Morgan fingerprint density at radius 2 is 2.29 bits per heavy atom. The number of nitrogens with zero attached hydrogens (tertiary/aromatic N) is 2. The average Bonchev–Trinajstić information content (AvgIpc) is 2.51. The molecule has 1 aromatic carbocycles. The fraction of sp³-hybridized carbons (Fsp3) is 0.375. The molecule has 1 aromatic heterocycles. The highest BCUT2D eigenvalue weighted by Crippen LogP contribution is 2.30. The van der Waals surface area contributed by atoms with Gasteiger partial charge in [0.15, 0.2) is 0 Å². The molecule has 1 aliphatic heterocycles. The number of hydrogen-bond acceptors (Lipinski definition) is 4. The molecule has 5 heteroatoms. The van der Waals surface area contributed by atoms with Gasteiger partial charge in [-0.2, -0.15) is 0 Å². The second kappa shape index (κ2) is 5.58. The van der Waals surface area contributed by atoms with Gasteiger partial charge in [-0.05, 0) is 30.3 Å². The maximum absolute atomic E-state index is 6.03. The van der Waals surface area contributed by atoms with Crippen LogP contribution in [-0.2, 0) is 13.0 Å². The van der Waals surface area contributed by atoms with Crippen molar-refractivity contribution in [3.05, 3.63) is 35.0 Å². The van der Waals surface area contributed by atoms with Crippen LogP contribution in [0.1, 0.15) is 23.7 Å². The van der Waals surface area contributed by atoms with Crippen molar-refractivity contribution >= 4 is 28.1 Å². The lowest BCUT2D eigenvalue weighted by Crippen LogP contribution is -2.33. The van der Waals surface area contributed by atoms with Crippen LogP contribution in [0, 0.1) is 0 Å². The van der Waals surface area contributed by atoms with Gasteiger partial charge >= 0.3 is 0 Å². The third kappa shape index (κ3) is 2.47. The molecule has 0 bridgehead atoms. The van der Waals surface area contributed by atoms with Crippen molar-refractivity contribution in [2.75, 3.05) is 20.2 Å². The Kier molecular flexibility index (Phi) is 3.78. The summed E-state index contributed by atoms with van der Waals surface area (Å²) in [6, 6.07) is 5.87. The largest absolute Gasteiger partial charge is 0.497 e. The highest BCUT2D eigenvalue weighted by Gasteiger charge is 2.23. The second-order valence-electron chi connectivity index (χ2n) is 5.28. The molecule has 0 unspecified atom stereocenters. The summed E-state index contributed by atoms with van der Waals surface area (Å²) in [5, 5.41) is 0.985. The standard InChI is InChI=1S/C16H19N3OS/c1-3-19-7-6-14-12(9-19)15(16(17)21)11-8-10(20-2)4-5-13(11)18-14/h4-5,8H,3,6-7,9H2,1-2H3,(H2,17,21). The minimum Gasteiger partial charge on any atom is -0.497 e. The SMILES string of the molecule is CCN1CCc2nc3ccc(OC)cc3c(C(N)=S)c2C1. The lowest BCUT2D eigenvalue weighted by molar-refractivity contribution is 0.266. The van der Waals surface area contributed by atoms with E-state index >= 15 is 0 Å². The van der Waals surface area contributed by atoms with Gasteiger partial charge in [0, 0.05) is 36.2 Å². The van der Waals surface area contributed by atoms with Crippen molar-refractivity contribution < 1.29 is 4.74 Å². The topological polar surface area (TPSA) is 51.4 Å². The Balaban J connectivity index is 2.28. The van der Waals surface area contributed by atoms with Gasteiger partial charge in [0.2, 0.25) is 0 Å². The van der Waals surface area contributed by atoms with Crippen molar-refractivity contribution in [2.24, 2.45) is 5.73 Å². The molecule has 1 aliphatic rings. The van der Waals surface area contributed by atoms with Crippen molar-refractivity contribution in [1.29, 1.82) is 0 Å². The molecule has 3 rings (SSSR count). The predicted octanol–water partition coefficient (Wildman–Crippen LogP) is 2.26. The molecular weight excluding hydrogens is 282 g/mol. The van der Waals surface area contributed by atoms with E-state index < -0.39 is 0 Å². The van der Waals surface area contributed by atoms with Gasteiger partial charge in [-0.25, -0.2) is 0 Å². The average molecular weight is 301 g/mol. The summed E-state index contributed by atoms with van der Waals surface area (Å²) >= 11 is 5.32. The number of rotatable bonds is 3. The van der Waals surface area contributed by atoms with Crippen molar-refractivity contribution in [3.8, 4) is 5.75 Å². The maximum atomic E-state index is 6.03. The summed E-state index contributed by atoms with van der Waals surface area (Å²) in [6.45, 7) is 5.09. The molecule has 0 aliphatic carbocycles. The molecule has 2 aromatic rings. The minimum atomic E-state index is 0.435. The van der Waals surface area contributed by atoms with Crippen molar-refractivity contribution in [2.45, 2.75) is 19.9 Å². The van der Waals surface area contributed by atoms with Crippen LogP contribution in [0.25, 0.3) is 10.9 Å². The first-order valence-corrected chi connectivity index (χ1v) is 7.56. The van der Waals surface area contributed by atoms with Gasteiger partial charge in [0.05, 0.1) is 12.6 Å². The Labute approximate surface area is 129 Å². The Morgan fingerprint density at radius 1 is 1.48 bits per heavy atom. The molecule has 2 heterocycles. The quantitative estimate of drug-likeness (QED) is 0.881. The summed E-state index contributed by atoms with van der Waals surface area (Å²) in [5.41, 5.74) is 10.2. The summed E-state index contributed by atoms with van der Waals surface area (Å²) < 4.78 is 5.32. The first-order chi connectivity index (χ1) is 10.1. The number of pyridine rings is 1. The lowest BCUT2D eigenvalue weighted by Gasteiger charge is -2.29. The second-order valence-corrected chi connectivity index (χ2v) is 5.72. The highest BCUT2D eigenvalue weighted by molar-refractivity contribution is 7.80. The van der Waals surface area contributed by atoms with Crippen LogP contribution >= 0.6 is 12.2 Å². The number of benzene rings is 1. The number of methoxy groups -OCH3 is 1. The number of likely N-dealkylation sites (N-methyl/N-ethyl adjacent to an activating group) is 1. The molecule has 110 valence electrons. The van der Waals surface area contributed by atoms with Gasteiger partial charge in [-0.3, -0.25) is 9.88 Å². The Morgan fingerprint density at radius 3 is 2.95 bits per heavy atom. The highest BCUT2D eigenvalue weighted by atomic mass is 32.1. The zero-order chi connectivity index (χ0) is 15.0. The van der Waals surface area contributed by atoms with Crippen LogP contribution in [0.4, 0.5) is 0 Å². The van der Waals surface area contributed by atoms with Crippen LogP contribution in [0.15, 0.2) is 18.2 Å². The monoisotopic (exact) mass is 301 g/mol. The molecule has 21 heavy (non-hydrogen) atoms. The molecular formula is C16H19N3OS. The van der Waals surface area contributed by atoms with Gasteiger partial charge in [0.25, 0.3) is 0 Å². The number of ether oxygens (including phenoxy) is 1. The maximum Gasteiger partial charge on any atom is 0.119 e. The van der Waals surface area contributed by atoms with E-state index in [1.807, 2.05) is 18.2 Å². The molecule has 4 nitrogen and oxygen atoms in total. The third-order valence-electron chi connectivity index (χ3n) is 4.12. The van der Waals surface area contributed by atoms with E-state index in [1.54, 1.807) is 7.11 Å². The number of thiocarbonyl (C=S) groups is 1. The van der Waals surface area contributed by atoms with Crippen LogP contribution in [0.5, 0.6) is 5.75 Å². The lowest BCUT2D eigenvalue weighted by atomic mass is 9.95. The van der Waals surface area contributed by atoms with E-state index in [-0.39, 0.29) is 0 Å². The summed E-state index contributed by atoms with van der Waals surface area (Å²) in [6.07, 6.45) is 0.945. The smallest absolute Gasteiger partial charge is 0.119 e. The van der Waals surface area contributed by atoms with Crippen molar-refractivity contribution in [3.63, 3.8) is 0 Å². The number of fused-ring (bicyclic) bond motifs is 2. The third-order valence-corrected chi connectivity index (χ3v) is 4.32. The van der Waals surface area contributed by atoms with Gasteiger partial charge in [-0.15, -0.1) is 0 Å². The molecule has 0 amide bonds. The number of aromatic nitrogens is 1. The molecule has 0 fully saturated rings. The molecule has 0 atom stereocenters. The van der Waals surface area contributed by atoms with E-state index in [0.29, 0.717) is 4.99 Å². The van der Waals surface area contributed by atoms with Gasteiger partial charge < -0.3 is 10.5 Å². The first-order valence-electron chi connectivity index (χ1n) is 7.15. The molecule has 0 saturated carbocycles. The fourth-order valence-electron chi connectivity index (χ4n) is 2.95. The van der Waals surface area contributed by atoms with E-state index in [9.17, 15) is 0 Å². The van der Waals surface area contributed by atoms with Crippen LogP contribution < -0.4 is 10.5 Å². The van der Waals surface area contributed by atoms with E-state index in [1.165, 1.54) is 5.56 Å². The van der Waals surface area contributed by atoms with E-state index in [0.717, 1.165) is 54.0 Å². The Hall–Kier alpha value is -1.72. The summed E-state index contributed by atoms with van der Waals surface area (Å²) in [5.74, 6) is 0.796. The van der Waals surface area contributed by atoms with E-state index in [4.69, 9.17) is 27.7 Å². The molecule has 0 saturated heterocycles. The van der Waals surface area contributed by atoms with Gasteiger partial charge in [-0.1, -0.05) is 19.1 Å². The Bertz CT molecular complexity index is 714. The van der Waals surface area contributed by atoms with Crippen LogP contribution in [0.2, 0.25) is 0 Å². The first kappa shape index (κ1) is 14.2. The molecule has 0 spiro atoms. The normalized spacial score (nSPS) is 15.0. The fourth-order valence-corrected chi connectivity index (χ4v) is 3.19. The zero-order valence-corrected chi connectivity index (χ0v) is 13.2. The molecule has 2 N–H and O–H groups in total. The summed E-state index contributed by atoms with van der Waals surface area (Å²) in [7, 11) is 1.66. The summed E-state index contributed by atoms with van der Waals surface area (Å²) in [4.78, 5) is 7.63. The zero-order valence-electron chi connectivity index (χ0n) is 12.3.